The number of ether oxygens (including phenoxy) is 1. The quantitative estimate of drug-likeness (QED) is 0.800. The number of carbonyl (C=O) groups is 3. The van der Waals surface area contributed by atoms with Crippen LogP contribution in [0.1, 0.15) is 30.9 Å². The third-order valence-electron chi connectivity index (χ3n) is 5.53. The fourth-order valence-electron chi connectivity index (χ4n) is 3.27. The molecule has 7 heteroatoms. The molecule has 0 radical (unpaired) electrons. The summed E-state index contributed by atoms with van der Waals surface area (Å²) in [5.74, 6) is -0.455. The van der Waals surface area contributed by atoms with Crippen molar-refractivity contribution in [1.82, 2.24) is 5.32 Å². The minimum absolute atomic E-state index is 0.0120. The summed E-state index contributed by atoms with van der Waals surface area (Å²) >= 11 is 0. The molecule has 2 amide bonds. The van der Waals surface area contributed by atoms with Gasteiger partial charge in [-0.2, -0.15) is 0 Å². The zero-order valence-electron chi connectivity index (χ0n) is 16.7. The smallest absolute Gasteiger partial charge is 0.409 e. The molecule has 1 aliphatic carbocycles. The van der Waals surface area contributed by atoms with Crippen LogP contribution in [0.5, 0.6) is 0 Å². The van der Waals surface area contributed by atoms with E-state index in [1.54, 1.807) is 18.3 Å². The first kappa shape index (κ1) is 19.8. The first-order chi connectivity index (χ1) is 14.5. The average molecular weight is 405 g/mol. The molecule has 0 unspecified atom stereocenters. The minimum Gasteiger partial charge on any atom is -0.445 e. The molecule has 30 heavy (non-hydrogen) atoms. The highest BCUT2D eigenvalue weighted by molar-refractivity contribution is 6.09. The van der Waals surface area contributed by atoms with Gasteiger partial charge in [-0.05, 0) is 24.5 Å². The van der Waals surface area contributed by atoms with Crippen molar-refractivity contribution in [2.75, 3.05) is 11.4 Å². The number of nitrogens with one attached hydrogen (secondary N) is 1. The molecule has 2 aliphatic rings. The lowest BCUT2D eigenvalue weighted by molar-refractivity contribution is -0.126. The lowest BCUT2D eigenvalue weighted by Gasteiger charge is -2.25. The molecule has 154 valence electrons. The van der Waals surface area contributed by atoms with Crippen LogP contribution in [0.25, 0.3) is 0 Å². The summed E-state index contributed by atoms with van der Waals surface area (Å²) in [5, 5.41) is 2.51. The molecule has 2 aromatic carbocycles. The Labute approximate surface area is 174 Å². The normalized spacial score (nSPS) is 18.9. The van der Waals surface area contributed by atoms with E-state index in [0.717, 1.165) is 18.4 Å². The maximum atomic E-state index is 13.2. The molecule has 1 heterocycles. The molecule has 1 saturated carbocycles. The van der Waals surface area contributed by atoms with Crippen LogP contribution in [0.15, 0.2) is 59.6 Å². The topological polar surface area (TPSA) is 88.1 Å². The molecule has 1 atom stereocenters. The van der Waals surface area contributed by atoms with Crippen molar-refractivity contribution in [3.05, 3.63) is 65.7 Å². The highest BCUT2D eigenvalue weighted by Gasteiger charge is 2.46. The van der Waals surface area contributed by atoms with Crippen molar-refractivity contribution in [2.24, 2.45) is 10.4 Å². The number of alkyl carbamates (subject to hydrolysis) is 1. The van der Waals surface area contributed by atoms with Gasteiger partial charge in [-0.25, -0.2) is 4.79 Å². The molecule has 4 rings (SSSR count). The summed E-state index contributed by atoms with van der Waals surface area (Å²) in [7, 11) is 0. The maximum Gasteiger partial charge on any atom is 0.409 e. The number of benzodiazepines with no additional fused rings is 1. The van der Waals surface area contributed by atoms with Crippen LogP contribution in [0, 0.1) is 5.41 Å². The Bertz CT molecular complexity index is 999. The summed E-state index contributed by atoms with van der Waals surface area (Å²) < 4.78 is 5.22. The van der Waals surface area contributed by atoms with E-state index in [2.05, 4.69) is 10.3 Å². The average Bonchev–Trinajstić information content (AvgIpc) is 3.53. The van der Waals surface area contributed by atoms with Crippen LogP contribution in [0.4, 0.5) is 10.5 Å². The summed E-state index contributed by atoms with van der Waals surface area (Å²) in [6.45, 7) is 1.95. The molecule has 0 spiro atoms. The summed E-state index contributed by atoms with van der Waals surface area (Å²) in [6, 6.07) is 16.5. The number of Topliss-reactive ketones (excluding diaryl/α,β-unsaturated/α-hetero) is 1. The predicted molar refractivity (Wildman–Crippen MR) is 112 cm³/mol. The molecular weight excluding hydrogens is 382 g/mol. The van der Waals surface area contributed by atoms with Crippen LogP contribution in [0.3, 0.4) is 0 Å². The van der Waals surface area contributed by atoms with Gasteiger partial charge in [0.1, 0.15) is 6.61 Å². The first-order valence-electron chi connectivity index (χ1n) is 9.90. The van der Waals surface area contributed by atoms with Gasteiger partial charge in [-0.15, -0.1) is 0 Å². The number of amides is 2. The lowest BCUT2D eigenvalue weighted by Crippen LogP contribution is -2.49. The number of carbonyl (C=O) groups excluding carboxylic acids is 3. The number of fused-ring (bicyclic) bond motifs is 1. The molecular formula is C23H23N3O4. The zero-order chi connectivity index (χ0) is 21.1. The SMILES string of the molecule is CC1(C(=O)CN2C(=O)[C@@H](NC(=O)OCc3ccccc3)N=Cc3ccccc32)CC1. The van der Waals surface area contributed by atoms with Crippen LogP contribution in [-0.2, 0) is 20.9 Å². The van der Waals surface area contributed by atoms with Crippen molar-refractivity contribution < 1.29 is 19.1 Å². The van der Waals surface area contributed by atoms with Crippen LogP contribution >= 0.6 is 0 Å². The minimum atomic E-state index is -1.17. The van der Waals surface area contributed by atoms with Crippen LogP contribution in [-0.4, -0.2) is 36.7 Å². The molecule has 2 aromatic rings. The van der Waals surface area contributed by atoms with Gasteiger partial charge in [0, 0.05) is 17.2 Å². The fraction of sp³-hybridized carbons (Fsp3) is 0.304. The number of rotatable bonds is 6. The van der Waals surface area contributed by atoms with E-state index in [0.29, 0.717) is 11.3 Å². The molecule has 0 bridgehead atoms. The van der Waals surface area contributed by atoms with E-state index >= 15 is 0 Å². The third-order valence-corrected chi connectivity index (χ3v) is 5.53. The number of aliphatic imine (C=N–C) groups is 1. The Balaban J connectivity index is 1.49. The molecule has 7 nitrogen and oxygen atoms in total. The second kappa shape index (κ2) is 8.10. The number of benzene rings is 2. The number of nitrogens with zero attached hydrogens (tertiary/aromatic N) is 2. The fourth-order valence-corrected chi connectivity index (χ4v) is 3.27. The van der Waals surface area contributed by atoms with Gasteiger partial charge in [0.2, 0.25) is 6.17 Å². The number of para-hydroxylation sites is 1. The lowest BCUT2D eigenvalue weighted by atomic mass is 10.0. The Morgan fingerprint density at radius 2 is 1.83 bits per heavy atom. The second-order valence-corrected chi connectivity index (χ2v) is 7.85. The maximum absolute atomic E-state index is 13.2. The van der Waals surface area contributed by atoms with Gasteiger partial charge in [0.05, 0.1) is 12.2 Å². The Morgan fingerprint density at radius 1 is 1.13 bits per heavy atom. The second-order valence-electron chi connectivity index (χ2n) is 7.85. The van der Waals surface area contributed by atoms with E-state index in [1.165, 1.54) is 4.90 Å². The van der Waals surface area contributed by atoms with Crippen molar-refractivity contribution in [2.45, 2.75) is 32.5 Å². The summed E-state index contributed by atoms with van der Waals surface area (Å²) in [6.07, 6.45) is 1.29. The van der Waals surface area contributed by atoms with E-state index in [-0.39, 0.29) is 24.3 Å². The van der Waals surface area contributed by atoms with Crippen LogP contribution < -0.4 is 10.2 Å². The molecule has 0 aromatic heterocycles. The van der Waals surface area contributed by atoms with Crippen molar-refractivity contribution in [1.29, 1.82) is 0 Å². The largest absolute Gasteiger partial charge is 0.445 e. The number of anilines is 1. The van der Waals surface area contributed by atoms with Gasteiger partial charge in [-0.1, -0.05) is 55.5 Å². The summed E-state index contributed by atoms with van der Waals surface area (Å²) in [5.41, 5.74) is 1.79. The highest BCUT2D eigenvalue weighted by Crippen LogP contribution is 2.46. The third kappa shape index (κ3) is 4.25. The monoisotopic (exact) mass is 405 g/mol. The van der Waals surface area contributed by atoms with Crippen molar-refractivity contribution in [3.8, 4) is 0 Å². The number of hydrogen-bond donors (Lipinski definition) is 1. The van der Waals surface area contributed by atoms with Gasteiger partial charge >= 0.3 is 6.09 Å². The molecule has 1 N–H and O–H groups in total. The standard InChI is InChI=1S/C23H23N3O4/c1-23(11-12-23)19(27)14-26-18-10-6-5-9-17(18)13-24-20(21(26)28)25-22(29)30-15-16-7-3-2-4-8-16/h2-10,13,20H,11-12,14-15H2,1H3,(H,25,29)/t20-/m1/s1. The molecule has 1 aliphatic heterocycles. The van der Waals surface area contributed by atoms with Gasteiger partial charge in [0.15, 0.2) is 5.78 Å². The number of hydrogen-bond acceptors (Lipinski definition) is 5. The Morgan fingerprint density at radius 3 is 2.57 bits per heavy atom. The molecule has 0 saturated heterocycles. The van der Waals surface area contributed by atoms with E-state index in [4.69, 9.17) is 4.74 Å². The van der Waals surface area contributed by atoms with E-state index in [9.17, 15) is 14.4 Å². The van der Waals surface area contributed by atoms with Gasteiger partial charge < -0.3 is 9.64 Å². The van der Waals surface area contributed by atoms with Crippen molar-refractivity contribution >= 4 is 29.7 Å². The zero-order valence-corrected chi connectivity index (χ0v) is 16.7. The summed E-state index contributed by atoms with van der Waals surface area (Å²) in [4.78, 5) is 43.8. The van der Waals surface area contributed by atoms with Gasteiger partial charge in [0.25, 0.3) is 5.91 Å². The predicted octanol–water partition coefficient (Wildman–Crippen LogP) is 3.07. The van der Waals surface area contributed by atoms with E-state index < -0.39 is 18.2 Å². The number of ketones is 1. The van der Waals surface area contributed by atoms with Gasteiger partial charge in [-0.3, -0.25) is 19.9 Å². The Hall–Kier alpha value is -3.48. The molecule has 1 fully saturated rings. The van der Waals surface area contributed by atoms with E-state index in [1.807, 2.05) is 49.4 Å². The highest BCUT2D eigenvalue weighted by atomic mass is 16.5. The first-order valence-corrected chi connectivity index (χ1v) is 9.90. The van der Waals surface area contributed by atoms with Crippen molar-refractivity contribution in [3.63, 3.8) is 0 Å². The Kier molecular flexibility index (Phi) is 5.35. The van der Waals surface area contributed by atoms with Crippen LogP contribution in [0.2, 0.25) is 0 Å².